The molecule has 3 aromatic rings. The number of hydrogen-bond donors (Lipinski definition) is 3. The zero-order valence-electron chi connectivity index (χ0n) is 21.7. The smallest absolute Gasteiger partial charge is 0.273 e. The molecule has 0 saturated carbocycles. The Morgan fingerprint density at radius 3 is 2.55 bits per heavy atom. The number of rotatable bonds is 10. The van der Waals surface area contributed by atoms with Gasteiger partial charge in [0.25, 0.3) is 11.8 Å². The van der Waals surface area contributed by atoms with Crippen LogP contribution in [0.4, 0.5) is 11.4 Å². The molecule has 1 aliphatic rings. The summed E-state index contributed by atoms with van der Waals surface area (Å²) < 4.78 is 0. The Morgan fingerprint density at radius 2 is 1.79 bits per heavy atom. The van der Waals surface area contributed by atoms with Crippen molar-refractivity contribution in [3.8, 4) is 0 Å². The van der Waals surface area contributed by atoms with E-state index >= 15 is 0 Å². The summed E-state index contributed by atoms with van der Waals surface area (Å²) >= 11 is 1.61. The van der Waals surface area contributed by atoms with E-state index in [-0.39, 0.29) is 12.5 Å². The van der Waals surface area contributed by atoms with E-state index in [0.717, 1.165) is 48.3 Å². The number of aryl methyl sites for hydroxylation is 1. The van der Waals surface area contributed by atoms with Crippen LogP contribution in [0.15, 0.2) is 71.8 Å². The van der Waals surface area contributed by atoms with Gasteiger partial charge in [-0.3, -0.25) is 9.59 Å². The third-order valence-corrected chi connectivity index (χ3v) is 7.38. The van der Waals surface area contributed by atoms with Crippen molar-refractivity contribution >= 4 is 41.2 Å². The third-order valence-electron chi connectivity index (χ3n) is 6.37. The average molecular weight is 531 g/mol. The van der Waals surface area contributed by atoms with Gasteiger partial charge in [0.1, 0.15) is 0 Å². The number of amides is 2. The molecule has 0 aromatic heterocycles. The van der Waals surface area contributed by atoms with Crippen LogP contribution in [-0.2, 0) is 5.75 Å². The highest BCUT2D eigenvalue weighted by Crippen LogP contribution is 2.27. The number of anilines is 2. The van der Waals surface area contributed by atoms with Crippen molar-refractivity contribution < 1.29 is 14.7 Å². The molecule has 198 valence electrons. The van der Waals surface area contributed by atoms with Gasteiger partial charge in [-0.15, -0.1) is 0 Å². The summed E-state index contributed by atoms with van der Waals surface area (Å²) in [6.07, 6.45) is 5.05. The number of hydrogen-bond acceptors (Lipinski definition) is 6. The van der Waals surface area contributed by atoms with E-state index in [1.807, 2.05) is 61.5 Å². The van der Waals surface area contributed by atoms with E-state index in [1.54, 1.807) is 30.1 Å². The van der Waals surface area contributed by atoms with Crippen molar-refractivity contribution in [2.75, 3.05) is 35.7 Å². The molecule has 1 heterocycles. The molecule has 3 aromatic carbocycles. The molecule has 0 spiro atoms. The minimum absolute atomic E-state index is 0.123. The van der Waals surface area contributed by atoms with Gasteiger partial charge in [0.05, 0.1) is 24.1 Å². The fraction of sp³-hybridized carbons (Fsp3) is 0.300. The largest absolute Gasteiger partial charge is 0.396 e. The van der Waals surface area contributed by atoms with Crippen LogP contribution in [0.5, 0.6) is 0 Å². The highest BCUT2D eigenvalue weighted by molar-refractivity contribution is 7.98. The van der Waals surface area contributed by atoms with E-state index < -0.39 is 5.91 Å². The van der Waals surface area contributed by atoms with Gasteiger partial charge in [-0.2, -0.15) is 16.9 Å². The van der Waals surface area contributed by atoms with Gasteiger partial charge >= 0.3 is 0 Å². The van der Waals surface area contributed by atoms with Crippen molar-refractivity contribution in [2.24, 2.45) is 5.10 Å². The minimum atomic E-state index is -0.392. The van der Waals surface area contributed by atoms with E-state index in [4.69, 9.17) is 5.11 Å². The third kappa shape index (κ3) is 7.69. The molecule has 0 unspecified atom stereocenters. The molecule has 0 bridgehead atoms. The lowest BCUT2D eigenvalue weighted by Crippen LogP contribution is -2.30. The molecular weight excluding hydrogens is 496 g/mol. The predicted molar refractivity (Wildman–Crippen MR) is 156 cm³/mol. The molecule has 2 amide bonds. The van der Waals surface area contributed by atoms with Gasteiger partial charge in [-0.05, 0) is 67.6 Å². The number of carbonyl (C=O) groups excluding carboxylic acids is 2. The zero-order chi connectivity index (χ0) is 26.7. The summed E-state index contributed by atoms with van der Waals surface area (Å²) in [5, 5.41) is 16.1. The monoisotopic (exact) mass is 530 g/mol. The number of thioether (sulfide) groups is 1. The molecular formula is C30H34N4O3S. The maximum absolute atomic E-state index is 13.2. The molecule has 8 heteroatoms. The Labute approximate surface area is 228 Å². The topological polar surface area (TPSA) is 94.0 Å². The lowest BCUT2D eigenvalue weighted by Gasteiger charge is -2.29. The Balaban J connectivity index is 1.54. The fourth-order valence-corrected chi connectivity index (χ4v) is 5.00. The van der Waals surface area contributed by atoms with Crippen LogP contribution < -0.4 is 15.6 Å². The zero-order valence-corrected chi connectivity index (χ0v) is 22.5. The second-order valence-electron chi connectivity index (χ2n) is 9.32. The number of carbonyl (C=O) groups is 2. The van der Waals surface area contributed by atoms with Crippen LogP contribution in [0.3, 0.4) is 0 Å². The maximum Gasteiger partial charge on any atom is 0.273 e. The van der Waals surface area contributed by atoms with Crippen molar-refractivity contribution in [1.29, 1.82) is 0 Å². The first-order valence-corrected chi connectivity index (χ1v) is 14.1. The summed E-state index contributed by atoms with van der Waals surface area (Å²) in [7, 11) is 0. The SMILES string of the molecule is Cc1ccc(/C=N/NC(=O)c2cc(N3CCCCC3)ccc2NC(=O)c2cccc(CSCCO)c2)cc1. The van der Waals surface area contributed by atoms with E-state index in [2.05, 4.69) is 20.7 Å². The number of aliphatic hydroxyl groups is 1. The first-order valence-electron chi connectivity index (χ1n) is 12.9. The van der Waals surface area contributed by atoms with Crippen molar-refractivity contribution in [1.82, 2.24) is 5.43 Å². The normalized spacial score (nSPS) is 13.5. The lowest BCUT2D eigenvalue weighted by molar-refractivity contribution is 0.0956. The summed E-state index contributed by atoms with van der Waals surface area (Å²) in [6.45, 7) is 4.03. The van der Waals surface area contributed by atoms with Crippen LogP contribution in [-0.4, -0.2) is 48.6 Å². The first-order chi connectivity index (χ1) is 18.5. The minimum Gasteiger partial charge on any atom is -0.396 e. The van der Waals surface area contributed by atoms with Crippen LogP contribution in [0.1, 0.15) is 56.7 Å². The molecule has 0 radical (unpaired) electrons. The second kappa shape index (κ2) is 13.8. The number of aliphatic hydroxyl groups excluding tert-OH is 1. The van der Waals surface area contributed by atoms with E-state index in [9.17, 15) is 9.59 Å². The number of piperidine rings is 1. The Hall–Kier alpha value is -3.62. The van der Waals surface area contributed by atoms with Crippen LogP contribution in [0.2, 0.25) is 0 Å². The summed E-state index contributed by atoms with van der Waals surface area (Å²) in [4.78, 5) is 28.7. The molecule has 38 heavy (non-hydrogen) atoms. The number of benzene rings is 3. The summed E-state index contributed by atoms with van der Waals surface area (Å²) in [5.41, 5.74) is 7.90. The van der Waals surface area contributed by atoms with Gasteiger partial charge in [0, 0.05) is 35.8 Å². The van der Waals surface area contributed by atoms with Gasteiger partial charge in [0.15, 0.2) is 0 Å². The highest BCUT2D eigenvalue weighted by atomic mass is 32.2. The van der Waals surface area contributed by atoms with Gasteiger partial charge in [0.2, 0.25) is 0 Å². The molecule has 1 saturated heterocycles. The van der Waals surface area contributed by atoms with Crippen LogP contribution in [0.25, 0.3) is 0 Å². The van der Waals surface area contributed by atoms with Crippen molar-refractivity contribution in [3.63, 3.8) is 0 Å². The Morgan fingerprint density at radius 1 is 1.00 bits per heavy atom. The number of nitrogens with one attached hydrogen (secondary N) is 2. The molecule has 0 atom stereocenters. The molecule has 7 nitrogen and oxygen atoms in total. The van der Waals surface area contributed by atoms with Gasteiger partial charge < -0.3 is 15.3 Å². The predicted octanol–water partition coefficient (Wildman–Crippen LogP) is 5.23. The van der Waals surface area contributed by atoms with E-state index in [1.165, 1.54) is 6.42 Å². The second-order valence-corrected chi connectivity index (χ2v) is 10.4. The van der Waals surface area contributed by atoms with Gasteiger partial charge in [-0.25, -0.2) is 5.43 Å². The van der Waals surface area contributed by atoms with Gasteiger partial charge in [-0.1, -0.05) is 42.0 Å². The molecule has 3 N–H and O–H groups in total. The van der Waals surface area contributed by atoms with Crippen LogP contribution >= 0.6 is 11.8 Å². The molecule has 1 fully saturated rings. The van der Waals surface area contributed by atoms with Crippen LogP contribution in [0, 0.1) is 6.92 Å². The number of nitrogens with zero attached hydrogens (tertiary/aromatic N) is 2. The molecule has 0 aliphatic carbocycles. The van der Waals surface area contributed by atoms with Crippen molar-refractivity contribution in [2.45, 2.75) is 31.9 Å². The molecule has 4 rings (SSSR count). The highest BCUT2D eigenvalue weighted by Gasteiger charge is 2.18. The first kappa shape index (κ1) is 27.4. The average Bonchev–Trinajstić information content (AvgIpc) is 2.95. The summed E-state index contributed by atoms with van der Waals surface area (Å²) in [6, 6.07) is 20.8. The Bertz CT molecular complexity index is 1270. The van der Waals surface area contributed by atoms with E-state index in [0.29, 0.717) is 28.3 Å². The number of hydrazone groups is 1. The summed E-state index contributed by atoms with van der Waals surface area (Å²) in [5.74, 6) is 0.669. The lowest BCUT2D eigenvalue weighted by atomic mass is 10.1. The quantitative estimate of drug-likeness (QED) is 0.190. The Kier molecular flexibility index (Phi) is 9.95. The standard InChI is InChI=1S/C30H34N4O3S/c1-22-8-10-23(11-9-22)20-31-33-30(37)27-19-26(34-14-3-2-4-15-34)12-13-28(27)32-29(36)25-7-5-6-24(18-25)21-38-17-16-35/h5-13,18-20,35H,2-4,14-17,21H2,1H3,(H,32,36)(H,33,37)/b31-20+. The molecule has 1 aliphatic heterocycles. The fourth-order valence-electron chi connectivity index (χ4n) is 4.31. The maximum atomic E-state index is 13.2. The van der Waals surface area contributed by atoms with Crippen molar-refractivity contribution in [3.05, 3.63) is 94.5 Å².